The molecule has 7 nitrogen and oxygen atoms in total. The molecule has 0 N–H and O–H groups in total. The third kappa shape index (κ3) is 4.95. The van der Waals surface area contributed by atoms with Crippen LogP contribution >= 0.6 is 11.8 Å². The molecule has 2 atom stereocenters. The molecule has 2 aromatic carbocycles. The third-order valence-electron chi connectivity index (χ3n) is 6.76. The molecule has 0 saturated carbocycles. The van der Waals surface area contributed by atoms with Crippen molar-refractivity contribution in [2.24, 2.45) is 0 Å². The van der Waals surface area contributed by atoms with E-state index in [0.717, 1.165) is 31.1 Å². The number of carbonyl (C=O) groups excluding carboxylic acids is 1. The van der Waals surface area contributed by atoms with E-state index in [-0.39, 0.29) is 5.75 Å². The van der Waals surface area contributed by atoms with Crippen molar-refractivity contribution in [2.45, 2.75) is 42.2 Å². The van der Waals surface area contributed by atoms with Crippen LogP contribution in [0.5, 0.6) is 11.5 Å². The lowest BCUT2D eigenvalue weighted by molar-refractivity contribution is -0.274. The molecule has 2 aliphatic rings. The molecule has 0 saturated heterocycles. The van der Waals surface area contributed by atoms with Crippen molar-refractivity contribution in [1.29, 1.82) is 0 Å². The fourth-order valence-corrected chi connectivity index (χ4v) is 5.96. The first-order valence-corrected chi connectivity index (χ1v) is 12.8. The number of halogens is 6. The molecule has 0 radical (unpaired) electrons. The van der Waals surface area contributed by atoms with Crippen LogP contribution in [-0.4, -0.2) is 47.8 Å². The molecule has 0 unspecified atom stereocenters. The van der Waals surface area contributed by atoms with Crippen molar-refractivity contribution in [3.8, 4) is 11.5 Å². The van der Waals surface area contributed by atoms with Gasteiger partial charge in [0.15, 0.2) is 11.4 Å². The summed E-state index contributed by atoms with van der Waals surface area (Å²) in [4.78, 5) is 27.3. The molecular formula is C26H21F6N3O4S. The summed E-state index contributed by atoms with van der Waals surface area (Å²) in [5, 5.41) is 1.47. The summed E-state index contributed by atoms with van der Waals surface area (Å²) in [6.45, 7) is 0.285. The molecule has 1 amide bonds. The molecule has 212 valence electrons. The number of rotatable bonds is 4. The maximum atomic E-state index is 13.9. The Hall–Kier alpha value is -3.81. The van der Waals surface area contributed by atoms with Gasteiger partial charge >= 0.3 is 12.5 Å². The van der Waals surface area contributed by atoms with Gasteiger partial charge in [-0.3, -0.25) is 19.3 Å². The second kappa shape index (κ2) is 9.98. The van der Waals surface area contributed by atoms with Gasteiger partial charge in [0.25, 0.3) is 5.91 Å². The third-order valence-corrected chi connectivity index (χ3v) is 7.89. The summed E-state index contributed by atoms with van der Waals surface area (Å²) < 4.78 is 91.2. The van der Waals surface area contributed by atoms with Crippen molar-refractivity contribution >= 4 is 17.7 Å². The number of fused-ring (bicyclic) bond motifs is 3. The number of ether oxygens (including phenoxy) is 2. The van der Waals surface area contributed by atoms with E-state index in [4.69, 9.17) is 4.74 Å². The Balaban J connectivity index is 1.75. The van der Waals surface area contributed by atoms with E-state index in [0.29, 0.717) is 21.6 Å². The second-order valence-electron chi connectivity index (χ2n) is 9.12. The number of aromatic nitrogens is 1. The van der Waals surface area contributed by atoms with Gasteiger partial charge in [0.1, 0.15) is 18.5 Å². The van der Waals surface area contributed by atoms with E-state index in [2.05, 4.69) is 4.74 Å². The molecule has 14 heteroatoms. The number of pyridine rings is 1. The highest BCUT2D eigenvalue weighted by atomic mass is 32.2. The van der Waals surface area contributed by atoms with Crippen molar-refractivity contribution < 1.29 is 40.6 Å². The number of methoxy groups -OCH3 is 1. The average Bonchev–Trinajstić information content (AvgIpc) is 3.04. The quantitative estimate of drug-likeness (QED) is 0.380. The highest BCUT2D eigenvalue weighted by Crippen LogP contribution is 2.44. The Morgan fingerprint density at radius 2 is 1.73 bits per heavy atom. The molecule has 3 heterocycles. The molecule has 1 aromatic heterocycles. The lowest BCUT2D eigenvalue weighted by Crippen LogP contribution is -2.60. The van der Waals surface area contributed by atoms with Crippen molar-refractivity contribution in [3.63, 3.8) is 0 Å². The van der Waals surface area contributed by atoms with Crippen LogP contribution in [0, 0.1) is 0 Å². The molecule has 3 aromatic rings. The first-order chi connectivity index (χ1) is 18.8. The number of hydrogen-bond donors (Lipinski definition) is 0. The molecule has 40 heavy (non-hydrogen) atoms. The van der Waals surface area contributed by atoms with Gasteiger partial charge in [0.2, 0.25) is 5.43 Å². The second-order valence-corrected chi connectivity index (χ2v) is 10.1. The molecule has 0 aliphatic carbocycles. The Bertz CT molecular complexity index is 1520. The normalized spacial score (nSPS) is 17.9. The van der Waals surface area contributed by atoms with Crippen molar-refractivity contribution in [2.75, 3.05) is 18.8 Å². The Labute approximate surface area is 227 Å². The topological polar surface area (TPSA) is 64.0 Å². The van der Waals surface area contributed by atoms with Gasteiger partial charge in [-0.05, 0) is 41.8 Å². The van der Waals surface area contributed by atoms with E-state index in [9.17, 15) is 35.9 Å². The lowest BCUT2D eigenvalue weighted by atomic mass is 9.94. The first kappa shape index (κ1) is 27.7. The summed E-state index contributed by atoms with van der Waals surface area (Å²) in [5.74, 6) is -1.68. The zero-order chi connectivity index (χ0) is 29.0. The maximum Gasteiger partial charge on any atom is 0.573 e. The van der Waals surface area contributed by atoms with Gasteiger partial charge in [-0.1, -0.05) is 24.3 Å². The molecule has 0 bridgehead atoms. The van der Waals surface area contributed by atoms with E-state index in [1.807, 2.05) is 0 Å². The van der Waals surface area contributed by atoms with Gasteiger partial charge in [0.05, 0.1) is 13.2 Å². The Kier molecular flexibility index (Phi) is 6.92. The molecule has 0 spiro atoms. The lowest BCUT2D eigenvalue weighted by Gasteiger charge is -2.46. The van der Waals surface area contributed by atoms with Crippen LogP contribution in [0.3, 0.4) is 0 Å². The molecular weight excluding hydrogens is 564 g/mol. The first-order valence-electron chi connectivity index (χ1n) is 11.8. The number of carbonyl (C=O) groups is 1. The van der Waals surface area contributed by atoms with Crippen LogP contribution in [0.2, 0.25) is 0 Å². The summed E-state index contributed by atoms with van der Waals surface area (Å²) in [6, 6.07) is 8.89. The summed E-state index contributed by atoms with van der Waals surface area (Å²) >= 11 is 1.34. The fraction of sp³-hybridized carbons (Fsp3) is 0.308. The maximum absolute atomic E-state index is 13.9. The number of alkyl halides is 6. The predicted octanol–water partition coefficient (Wildman–Crippen LogP) is 5.45. The minimum absolute atomic E-state index is 0.244. The number of benzene rings is 2. The molecule has 2 aliphatic heterocycles. The highest BCUT2D eigenvalue weighted by Gasteiger charge is 2.48. The van der Waals surface area contributed by atoms with E-state index in [1.165, 1.54) is 39.8 Å². The van der Waals surface area contributed by atoms with E-state index < -0.39 is 59.8 Å². The zero-order valence-corrected chi connectivity index (χ0v) is 21.7. The van der Waals surface area contributed by atoms with Gasteiger partial charge in [-0.25, -0.2) is 0 Å². The zero-order valence-electron chi connectivity index (χ0n) is 20.9. The average molecular weight is 586 g/mol. The summed E-state index contributed by atoms with van der Waals surface area (Å²) in [6.07, 6.45) is -8.43. The van der Waals surface area contributed by atoms with Crippen LogP contribution in [0.15, 0.2) is 64.4 Å². The van der Waals surface area contributed by atoms with E-state index >= 15 is 0 Å². The molecule has 5 rings (SSSR count). The smallest absolute Gasteiger partial charge is 0.491 e. The minimum atomic E-state index is -4.92. The predicted molar refractivity (Wildman–Crippen MR) is 133 cm³/mol. The standard InChI is InChI=1S/C26H21F6N3O4S/c1-14(25(27,28)29)33-13-35(34-10-9-19(36)23(38-2)22(34)24(33)37)21-17-8-7-16(39-26(30,31)32)11-15(17)12-40-20-6-4-3-5-18(20)21/h3-11,14,21H,12-13H2,1-2H3/t14-,21-/m1/s1. The van der Waals surface area contributed by atoms with Crippen molar-refractivity contribution in [1.82, 2.24) is 9.58 Å². The summed E-state index contributed by atoms with van der Waals surface area (Å²) in [7, 11) is 1.14. The van der Waals surface area contributed by atoms with Crippen molar-refractivity contribution in [3.05, 3.63) is 87.3 Å². The van der Waals surface area contributed by atoms with E-state index in [1.54, 1.807) is 24.3 Å². The Morgan fingerprint density at radius 3 is 2.40 bits per heavy atom. The number of amides is 1. The SMILES string of the molecule is COc1c2n(ccc1=O)N([C@@H]1c3ccc(OC(F)(F)F)cc3CSc3ccccc31)CN([C@H](C)C(F)(F)F)C2=O. The van der Waals surface area contributed by atoms with Gasteiger partial charge in [-0.2, -0.15) is 13.2 Å². The minimum Gasteiger partial charge on any atom is -0.491 e. The van der Waals surface area contributed by atoms with Crippen LogP contribution in [0.4, 0.5) is 26.3 Å². The van der Waals surface area contributed by atoms with Crippen LogP contribution in [-0.2, 0) is 5.75 Å². The molecule has 0 fully saturated rings. The van der Waals surface area contributed by atoms with Gasteiger partial charge < -0.3 is 14.4 Å². The van der Waals surface area contributed by atoms with Crippen LogP contribution in [0.25, 0.3) is 0 Å². The number of hydrogen-bond acceptors (Lipinski definition) is 6. The van der Waals surface area contributed by atoms with Gasteiger partial charge in [-0.15, -0.1) is 24.9 Å². The van der Waals surface area contributed by atoms with Crippen LogP contribution < -0.4 is 19.9 Å². The van der Waals surface area contributed by atoms with Crippen LogP contribution in [0.1, 0.15) is 40.1 Å². The summed E-state index contributed by atoms with van der Waals surface area (Å²) in [5.41, 5.74) is 0.493. The monoisotopic (exact) mass is 585 g/mol. The number of thioether (sulfide) groups is 1. The van der Waals surface area contributed by atoms with Gasteiger partial charge in [0, 0.05) is 22.9 Å². The largest absolute Gasteiger partial charge is 0.573 e. The Morgan fingerprint density at radius 1 is 1.00 bits per heavy atom. The highest BCUT2D eigenvalue weighted by molar-refractivity contribution is 7.98. The fourth-order valence-electron chi connectivity index (χ4n) is 4.87. The number of nitrogens with zero attached hydrogens (tertiary/aromatic N) is 3.